The average Bonchev–Trinajstić information content (AvgIpc) is 2.75. The lowest BCUT2D eigenvalue weighted by Gasteiger charge is -2.43. The first kappa shape index (κ1) is 14.9. The van der Waals surface area contributed by atoms with Crippen molar-refractivity contribution in [3.63, 3.8) is 0 Å². The van der Waals surface area contributed by atoms with Crippen molar-refractivity contribution in [1.82, 2.24) is 4.90 Å². The van der Waals surface area contributed by atoms with E-state index in [1.165, 1.54) is 11.8 Å². The van der Waals surface area contributed by atoms with Crippen molar-refractivity contribution < 1.29 is 24.5 Å². The first-order chi connectivity index (χ1) is 10.4. The summed E-state index contributed by atoms with van der Waals surface area (Å²) in [4.78, 5) is 24.7. The quantitative estimate of drug-likeness (QED) is 0.818. The second-order valence-corrected chi connectivity index (χ2v) is 6.43. The number of thioether (sulfide) groups is 1. The van der Waals surface area contributed by atoms with Gasteiger partial charge in [0.2, 0.25) is 5.91 Å². The number of β-lactam (4-membered cyclic amide) rings is 1. The Hall–Kier alpha value is -1.99. The fourth-order valence-electron chi connectivity index (χ4n) is 2.53. The molecule has 0 saturated carbocycles. The zero-order chi connectivity index (χ0) is 16.0. The zero-order valence-electron chi connectivity index (χ0n) is 12.0. The molecule has 0 spiro atoms. The van der Waals surface area contributed by atoms with Gasteiger partial charge in [-0.2, -0.15) is 0 Å². The van der Waals surface area contributed by atoms with Crippen LogP contribution in [0.2, 0.25) is 0 Å². The van der Waals surface area contributed by atoms with Crippen molar-refractivity contribution in [3.8, 4) is 5.75 Å². The molecule has 0 aliphatic carbocycles. The Bertz CT molecular complexity index is 667. The highest BCUT2D eigenvalue weighted by Gasteiger charge is 2.58. The van der Waals surface area contributed by atoms with Crippen LogP contribution in [0.3, 0.4) is 0 Å². The van der Waals surface area contributed by atoms with Gasteiger partial charge < -0.3 is 14.9 Å². The number of carbonyl (C=O) groups is 2. The fraction of sp³-hybridized carbons (Fsp3) is 0.333. The van der Waals surface area contributed by atoms with E-state index >= 15 is 0 Å². The van der Waals surface area contributed by atoms with Crippen molar-refractivity contribution >= 4 is 23.6 Å². The van der Waals surface area contributed by atoms with Crippen LogP contribution in [-0.4, -0.2) is 38.5 Å². The minimum Gasteiger partial charge on any atom is -0.476 e. The first-order valence-corrected chi connectivity index (χ1v) is 7.68. The first-order valence-electron chi connectivity index (χ1n) is 6.80. The van der Waals surface area contributed by atoms with E-state index in [-0.39, 0.29) is 16.7 Å². The topological polar surface area (TPSA) is 87.1 Å². The second-order valence-electron chi connectivity index (χ2n) is 5.34. The zero-order valence-corrected chi connectivity index (χ0v) is 12.8. The summed E-state index contributed by atoms with van der Waals surface area (Å²) < 4.78 is 5.65. The summed E-state index contributed by atoms with van der Waals surface area (Å²) in [5.74, 6) is -1.68. The molecule has 1 fully saturated rings. The number of hydrogen-bond donors (Lipinski definition) is 2. The maximum absolute atomic E-state index is 12.0. The van der Waals surface area contributed by atoms with Gasteiger partial charge in [0.1, 0.15) is 11.1 Å². The average molecular weight is 321 g/mol. The van der Waals surface area contributed by atoms with Gasteiger partial charge in [0.15, 0.2) is 10.8 Å². The van der Waals surface area contributed by atoms with Gasteiger partial charge in [0, 0.05) is 0 Å². The minimum absolute atomic E-state index is 0.155. The number of carboxylic acids is 1. The summed E-state index contributed by atoms with van der Waals surface area (Å²) in [7, 11) is 0. The van der Waals surface area contributed by atoms with Crippen molar-refractivity contribution in [2.45, 2.75) is 25.3 Å². The largest absolute Gasteiger partial charge is 0.476 e. The minimum atomic E-state index is -1.21. The van der Waals surface area contributed by atoms with Crippen LogP contribution in [0.5, 0.6) is 5.75 Å². The van der Waals surface area contributed by atoms with Gasteiger partial charge in [-0.05, 0) is 26.0 Å². The van der Waals surface area contributed by atoms with Gasteiger partial charge in [-0.25, -0.2) is 4.79 Å². The molecule has 1 saturated heterocycles. The molecule has 7 heteroatoms. The van der Waals surface area contributed by atoms with E-state index in [0.29, 0.717) is 5.75 Å². The third-order valence-corrected chi connectivity index (χ3v) is 4.94. The van der Waals surface area contributed by atoms with E-state index in [1.54, 1.807) is 12.1 Å². The molecule has 1 amide bonds. The number of aliphatic hydroxyl groups is 1. The SMILES string of the molecule is Cc1ccc(OC2=C(C(=O)O)N3C(=O)[C@H]([C@@H](C)O)[C@H]3S2)cc1. The normalized spacial score (nSPS) is 24.9. The summed E-state index contributed by atoms with van der Waals surface area (Å²) >= 11 is 1.16. The standard InChI is InChI=1S/C15H15NO5S/c1-7-3-5-9(6-4-7)21-15-11(14(19)20)16-12(18)10(8(2)17)13(16)22-15/h3-6,8,10,13,17H,1-2H3,(H,19,20)/t8-,10+,13-/m1/s1. The van der Waals surface area contributed by atoms with Gasteiger partial charge in [0.05, 0.1) is 12.0 Å². The highest BCUT2D eigenvalue weighted by Crippen LogP contribution is 2.50. The van der Waals surface area contributed by atoms with E-state index in [2.05, 4.69) is 0 Å². The monoisotopic (exact) mass is 321 g/mol. The second kappa shape index (κ2) is 5.33. The van der Waals surface area contributed by atoms with Crippen LogP contribution in [0.15, 0.2) is 35.1 Å². The van der Waals surface area contributed by atoms with Crippen LogP contribution in [0, 0.1) is 12.8 Å². The number of carbonyl (C=O) groups excluding carboxylic acids is 1. The summed E-state index contributed by atoms with van der Waals surface area (Å²) in [6, 6.07) is 7.20. The Morgan fingerprint density at radius 1 is 1.36 bits per heavy atom. The third kappa shape index (κ3) is 2.26. The molecule has 2 aliphatic heterocycles. The van der Waals surface area contributed by atoms with Crippen molar-refractivity contribution in [2.75, 3.05) is 0 Å². The molecule has 6 nitrogen and oxygen atoms in total. The molecule has 0 bridgehead atoms. The molecule has 2 heterocycles. The number of aryl methyl sites for hydroxylation is 1. The number of ether oxygens (including phenoxy) is 1. The maximum atomic E-state index is 12.0. The Morgan fingerprint density at radius 2 is 2.00 bits per heavy atom. The smallest absolute Gasteiger partial charge is 0.357 e. The molecular formula is C15H15NO5S. The number of hydrogen-bond acceptors (Lipinski definition) is 5. The summed E-state index contributed by atoms with van der Waals surface area (Å²) in [5, 5.41) is 18.8. The fourth-order valence-corrected chi connectivity index (χ4v) is 4.00. The molecule has 0 unspecified atom stereocenters. The van der Waals surface area contributed by atoms with Crippen LogP contribution < -0.4 is 4.74 Å². The molecule has 0 aromatic heterocycles. The van der Waals surface area contributed by atoms with Crippen LogP contribution in [0.25, 0.3) is 0 Å². The molecule has 0 radical (unpaired) electrons. The molecule has 3 atom stereocenters. The number of fused-ring (bicyclic) bond motifs is 1. The molecule has 116 valence electrons. The van der Waals surface area contributed by atoms with Gasteiger partial charge >= 0.3 is 5.97 Å². The lowest BCUT2D eigenvalue weighted by Crippen LogP contribution is -2.60. The Kier molecular flexibility index (Phi) is 3.62. The molecule has 22 heavy (non-hydrogen) atoms. The Balaban J connectivity index is 1.88. The van der Waals surface area contributed by atoms with Crippen molar-refractivity contribution in [2.24, 2.45) is 5.92 Å². The summed E-state index contributed by atoms with van der Waals surface area (Å²) in [6.45, 7) is 3.47. The highest BCUT2D eigenvalue weighted by atomic mass is 32.2. The number of nitrogens with zero attached hydrogens (tertiary/aromatic N) is 1. The maximum Gasteiger partial charge on any atom is 0.357 e. The third-order valence-electron chi connectivity index (χ3n) is 3.70. The van der Waals surface area contributed by atoms with Crippen LogP contribution in [0.4, 0.5) is 0 Å². The number of aliphatic carboxylic acids is 1. The molecule has 3 rings (SSSR count). The van der Waals surface area contributed by atoms with Gasteiger partial charge in [0.25, 0.3) is 0 Å². The van der Waals surface area contributed by atoms with Gasteiger partial charge in [-0.3, -0.25) is 9.69 Å². The van der Waals surface area contributed by atoms with E-state index in [0.717, 1.165) is 17.3 Å². The molecule has 2 aliphatic rings. The van der Waals surface area contributed by atoms with E-state index in [9.17, 15) is 19.8 Å². The van der Waals surface area contributed by atoms with E-state index < -0.39 is 23.4 Å². The summed E-state index contributed by atoms with van der Waals surface area (Å²) in [6.07, 6.45) is -0.824. The van der Waals surface area contributed by atoms with Crippen LogP contribution in [0.1, 0.15) is 12.5 Å². The number of carboxylic acid groups (broad SMARTS) is 1. The predicted molar refractivity (Wildman–Crippen MR) is 79.9 cm³/mol. The van der Waals surface area contributed by atoms with Crippen molar-refractivity contribution in [3.05, 3.63) is 40.6 Å². The highest BCUT2D eigenvalue weighted by molar-refractivity contribution is 8.03. The molecule has 1 aromatic carbocycles. The molecule has 2 N–H and O–H groups in total. The van der Waals surface area contributed by atoms with E-state index in [1.807, 2.05) is 19.1 Å². The number of benzene rings is 1. The van der Waals surface area contributed by atoms with Crippen molar-refractivity contribution in [1.29, 1.82) is 0 Å². The lowest BCUT2D eigenvalue weighted by molar-refractivity contribution is -0.156. The molecular weight excluding hydrogens is 306 g/mol. The van der Waals surface area contributed by atoms with Gasteiger partial charge in [-0.1, -0.05) is 29.5 Å². The van der Waals surface area contributed by atoms with Crippen LogP contribution >= 0.6 is 11.8 Å². The Morgan fingerprint density at radius 3 is 2.55 bits per heavy atom. The number of rotatable bonds is 4. The predicted octanol–water partition coefficient (Wildman–Crippen LogP) is 1.54. The number of aliphatic hydroxyl groups excluding tert-OH is 1. The summed E-state index contributed by atoms with van der Waals surface area (Å²) in [5.41, 5.74) is 0.907. The number of amides is 1. The molecule has 1 aromatic rings. The Labute approximate surface area is 131 Å². The van der Waals surface area contributed by atoms with E-state index in [4.69, 9.17) is 4.74 Å². The lowest BCUT2D eigenvalue weighted by atomic mass is 9.92. The van der Waals surface area contributed by atoms with Gasteiger partial charge in [-0.15, -0.1) is 0 Å². The van der Waals surface area contributed by atoms with Crippen LogP contribution in [-0.2, 0) is 9.59 Å².